The molecule has 0 saturated carbocycles. The van der Waals surface area contributed by atoms with Gasteiger partial charge in [-0.1, -0.05) is 15.9 Å². The second-order valence-electron chi connectivity index (χ2n) is 3.45. The Morgan fingerprint density at radius 3 is 3.07 bits per heavy atom. The Bertz CT molecular complexity index is 350. The Balaban J connectivity index is 2.21. The molecule has 1 aromatic heterocycles. The molecule has 0 aromatic carbocycles. The van der Waals surface area contributed by atoms with Gasteiger partial charge in [0.05, 0.1) is 4.83 Å². The molecule has 1 aliphatic heterocycles. The molecular formula is C9H12BrN3O. The SMILES string of the molecule is Cn1ccc(N2CCC[C@@H](Br)C2=O)n1. The Morgan fingerprint density at radius 1 is 1.64 bits per heavy atom. The van der Waals surface area contributed by atoms with Crippen molar-refractivity contribution >= 4 is 27.7 Å². The van der Waals surface area contributed by atoms with Gasteiger partial charge in [0.25, 0.3) is 0 Å². The van der Waals surface area contributed by atoms with Crippen LogP contribution in [0.2, 0.25) is 0 Å². The standard InChI is InChI=1S/C9H12BrN3O/c1-12-6-4-8(11-12)13-5-2-3-7(10)9(13)14/h4,6-7H,2-3,5H2,1H3/t7-/m1/s1. The van der Waals surface area contributed by atoms with E-state index in [0.717, 1.165) is 25.2 Å². The van der Waals surface area contributed by atoms with E-state index in [1.54, 1.807) is 9.58 Å². The fourth-order valence-electron chi connectivity index (χ4n) is 1.61. The number of hydrogen-bond acceptors (Lipinski definition) is 2. The fourth-order valence-corrected chi connectivity index (χ4v) is 2.18. The number of alkyl halides is 1. The summed E-state index contributed by atoms with van der Waals surface area (Å²) in [5, 5.41) is 4.22. The summed E-state index contributed by atoms with van der Waals surface area (Å²) in [4.78, 5) is 13.5. The molecule has 4 nitrogen and oxygen atoms in total. The molecule has 14 heavy (non-hydrogen) atoms. The van der Waals surface area contributed by atoms with Gasteiger partial charge in [-0.2, -0.15) is 5.10 Å². The van der Waals surface area contributed by atoms with Crippen molar-refractivity contribution in [2.24, 2.45) is 7.05 Å². The highest BCUT2D eigenvalue weighted by atomic mass is 79.9. The third-order valence-corrected chi connectivity index (χ3v) is 3.20. The highest BCUT2D eigenvalue weighted by Gasteiger charge is 2.28. The molecule has 2 heterocycles. The lowest BCUT2D eigenvalue weighted by Gasteiger charge is -2.27. The van der Waals surface area contributed by atoms with Gasteiger partial charge >= 0.3 is 0 Å². The van der Waals surface area contributed by atoms with Gasteiger partial charge in [0.1, 0.15) is 0 Å². The van der Waals surface area contributed by atoms with Crippen LogP contribution < -0.4 is 4.90 Å². The number of aryl methyl sites for hydroxylation is 1. The molecule has 0 spiro atoms. The van der Waals surface area contributed by atoms with Crippen LogP contribution in [0, 0.1) is 0 Å². The van der Waals surface area contributed by atoms with Crippen molar-refractivity contribution in [1.82, 2.24) is 9.78 Å². The molecule has 0 unspecified atom stereocenters. The number of carbonyl (C=O) groups is 1. The molecule has 0 bridgehead atoms. The first-order valence-corrected chi connectivity index (χ1v) is 5.55. The summed E-state index contributed by atoms with van der Waals surface area (Å²) in [7, 11) is 1.85. The predicted octanol–water partition coefficient (Wildman–Crippen LogP) is 1.31. The minimum Gasteiger partial charge on any atom is -0.294 e. The summed E-state index contributed by atoms with van der Waals surface area (Å²) < 4.78 is 1.71. The van der Waals surface area contributed by atoms with Crippen molar-refractivity contribution < 1.29 is 4.79 Å². The molecule has 0 radical (unpaired) electrons. The third-order valence-electron chi connectivity index (χ3n) is 2.35. The molecule has 1 amide bonds. The van der Waals surface area contributed by atoms with Gasteiger partial charge < -0.3 is 0 Å². The van der Waals surface area contributed by atoms with E-state index in [1.807, 2.05) is 19.3 Å². The topological polar surface area (TPSA) is 38.1 Å². The Hall–Kier alpha value is -0.840. The molecule has 0 aliphatic carbocycles. The van der Waals surface area contributed by atoms with Crippen LogP contribution in [0.15, 0.2) is 12.3 Å². The molecule has 1 aromatic rings. The van der Waals surface area contributed by atoms with E-state index in [2.05, 4.69) is 21.0 Å². The monoisotopic (exact) mass is 257 g/mol. The van der Waals surface area contributed by atoms with E-state index in [9.17, 15) is 4.79 Å². The van der Waals surface area contributed by atoms with Crippen LogP contribution >= 0.6 is 15.9 Å². The van der Waals surface area contributed by atoms with E-state index < -0.39 is 0 Å². The highest BCUT2D eigenvalue weighted by Crippen LogP contribution is 2.22. The van der Waals surface area contributed by atoms with Crippen molar-refractivity contribution in [3.8, 4) is 0 Å². The maximum absolute atomic E-state index is 11.8. The Kier molecular flexibility index (Phi) is 2.58. The number of hydrogen-bond donors (Lipinski definition) is 0. The lowest BCUT2D eigenvalue weighted by atomic mass is 10.1. The summed E-state index contributed by atoms with van der Waals surface area (Å²) in [6, 6.07) is 1.86. The second-order valence-corrected chi connectivity index (χ2v) is 4.55. The van der Waals surface area contributed by atoms with E-state index in [-0.39, 0.29) is 10.7 Å². The summed E-state index contributed by atoms with van der Waals surface area (Å²) in [6.45, 7) is 0.776. The van der Waals surface area contributed by atoms with Gasteiger partial charge in [0.15, 0.2) is 5.82 Å². The predicted molar refractivity (Wildman–Crippen MR) is 57.5 cm³/mol. The van der Waals surface area contributed by atoms with Crippen LogP contribution in [-0.4, -0.2) is 27.1 Å². The number of anilines is 1. The number of nitrogens with zero attached hydrogens (tertiary/aromatic N) is 3. The van der Waals surface area contributed by atoms with Crippen molar-refractivity contribution in [3.05, 3.63) is 12.3 Å². The highest BCUT2D eigenvalue weighted by molar-refractivity contribution is 9.10. The number of carbonyl (C=O) groups excluding carboxylic acids is 1. The average Bonchev–Trinajstić information content (AvgIpc) is 2.57. The minimum absolute atomic E-state index is 0.0433. The van der Waals surface area contributed by atoms with Crippen LogP contribution in [0.25, 0.3) is 0 Å². The third kappa shape index (κ3) is 1.68. The molecule has 2 rings (SSSR count). The first-order chi connectivity index (χ1) is 6.68. The lowest BCUT2D eigenvalue weighted by Crippen LogP contribution is -2.42. The van der Waals surface area contributed by atoms with E-state index in [4.69, 9.17) is 0 Å². The normalized spacial score (nSPS) is 22.9. The van der Waals surface area contributed by atoms with Crippen molar-refractivity contribution in [2.45, 2.75) is 17.7 Å². The maximum atomic E-state index is 11.8. The lowest BCUT2D eigenvalue weighted by molar-refractivity contribution is -0.118. The Morgan fingerprint density at radius 2 is 2.43 bits per heavy atom. The van der Waals surface area contributed by atoms with Gasteiger partial charge in [-0.15, -0.1) is 0 Å². The van der Waals surface area contributed by atoms with E-state index >= 15 is 0 Å². The molecule has 76 valence electrons. The summed E-state index contributed by atoms with van der Waals surface area (Å²) >= 11 is 3.37. The molecular weight excluding hydrogens is 246 g/mol. The zero-order chi connectivity index (χ0) is 10.1. The smallest absolute Gasteiger partial charge is 0.241 e. The number of aromatic nitrogens is 2. The van der Waals surface area contributed by atoms with Crippen LogP contribution in [0.3, 0.4) is 0 Å². The van der Waals surface area contributed by atoms with E-state index in [0.29, 0.717) is 0 Å². The summed E-state index contributed by atoms with van der Waals surface area (Å²) in [5.74, 6) is 0.872. The van der Waals surface area contributed by atoms with Crippen molar-refractivity contribution in [2.75, 3.05) is 11.4 Å². The van der Waals surface area contributed by atoms with Crippen LogP contribution in [0.1, 0.15) is 12.8 Å². The van der Waals surface area contributed by atoms with Crippen molar-refractivity contribution in [3.63, 3.8) is 0 Å². The average molecular weight is 258 g/mol. The number of halogens is 1. The zero-order valence-electron chi connectivity index (χ0n) is 7.98. The van der Waals surface area contributed by atoms with Crippen LogP contribution in [0.5, 0.6) is 0 Å². The van der Waals surface area contributed by atoms with E-state index in [1.165, 1.54) is 0 Å². The second kappa shape index (κ2) is 3.73. The van der Waals surface area contributed by atoms with Gasteiger partial charge in [0, 0.05) is 25.9 Å². The van der Waals surface area contributed by atoms with Gasteiger partial charge in [0.2, 0.25) is 5.91 Å². The van der Waals surface area contributed by atoms with Gasteiger partial charge in [-0.25, -0.2) is 0 Å². The molecule has 5 heteroatoms. The van der Waals surface area contributed by atoms with Gasteiger partial charge in [-0.05, 0) is 12.8 Å². The number of piperidine rings is 1. The van der Waals surface area contributed by atoms with Crippen molar-refractivity contribution in [1.29, 1.82) is 0 Å². The summed E-state index contributed by atoms with van der Waals surface area (Å²) in [5.41, 5.74) is 0. The summed E-state index contributed by atoms with van der Waals surface area (Å²) in [6.07, 6.45) is 3.79. The fraction of sp³-hybridized carbons (Fsp3) is 0.556. The largest absolute Gasteiger partial charge is 0.294 e. The molecule has 1 aliphatic rings. The van der Waals surface area contributed by atoms with Crippen LogP contribution in [0.4, 0.5) is 5.82 Å². The van der Waals surface area contributed by atoms with Gasteiger partial charge in [-0.3, -0.25) is 14.4 Å². The molecule has 1 fully saturated rings. The quantitative estimate of drug-likeness (QED) is 0.712. The van der Waals surface area contributed by atoms with Crippen LogP contribution in [-0.2, 0) is 11.8 Å². The number of amides is 1. The minimum atomic E-state index is -0.0433. The maximum Gasteiger partial charge on any atom is 0.241 e. The zero-order valence-corrected chi connectivity index (χ0v) is 9.57. The molecule has 0 N–H and O–H groups in total. The molecule has 1 saturated heterocycles. The Labute approximate surface area is 91.0 Å². The number of rotatable bonds is 1. The first kappa shape index (κ1) is 9.71. The first-order valence-electron chi connectivity index (χ1n) is 4.63. The molecule has 1 atom stereocenters.